The van der Waals surface area contributed by atoms with Gasteiger partial charge in [-0.05, 0) is 61.1 Å². The van der Waals surface area contributed by atoms with Crippen molar-refractivity contribution >= 4 is 5.91 Å². The van der Waals surface area contributed by atoms with Crippen LogP contribution in [0.1, 0.15) is 47.3 Å². The number of carbonyl (C=O) groups excluding carboxylic acids is 1. The molecule has 0 radical (unpaired) electrons. The Balaban J connectivity index is 1.55. The van der Waals surface area contributed by atoms with Gasteiger partial charge in [-0.3, -0.25) is 9.78 Å². The molecule has 1 N–H and O–H groups in total. The van der Waals surface area contributed by atoms with Crippen LogP contribution >= 0.6 is 0 Å². The molecular weight excluding hydrogens is 392 g/mol. The molecule has 0 spiro atoms. The molecule has 2 heterocycles. The minimum atomic E-state index is -0.676. The molecule has 1 aliphatic heterocycles. The van der Waals surface area contributed by atoms with E-state index in [0.717, 1.165) is 40.8 Å². The summed E-state index contributed by atoms with van der Waals surface area (Å²) in [4.78, 5) is 19.1. The number of hydrogen-bond donors (Lipinski definition) is 1. The Bertz CT molecular complexity index is 925. The van der Waals surface area contributed by atoms with Gasteiger partial charge in [0.25, 0.3) is 0 Å². The Morgan fingerprint density at radius 2 is 2.13 bits per heavy atom. The average Bonchev–Trinajstić information content (AvgIpc) is 2.80. The van der Waals surface area contributed by atoms with Crippen molar-refractivity contribution in [2.75, 3.05) is 26.3 Å². The SMILES string of the molecule is Cc1cc(OCc2cccnc2)c(C)c2c1CCC([C@H](C)C(=O)N1CCOCC1)[C@H]2O. The molecule has 1 unspecified atom stereocenters. The lowest BCUT2D eigenvalue weighted by Gasteiger charge is -2.38. The number of hydrogen-bond acceptors (Lipinski definition) is 5. The van der Waals surface area contributed by atoms with Gasteiger partial charge in [0.05, 0.1) is 19.3 Å². The highest BCUT2D eigenvalue weighted by Crippen LogP contribution is 2.44. The highest BCUT2D eigenvalue weighted by molar-refractivity contribution is 5.79. The third-order valence-electron chi connectivity index (χ3n) is 6.82. The zero-order valence-corrected chi connectivity index (χ0v) is 18.6. The molecule has 1 aromatic carbocycles. The molecule has 6 heteroatoms. The van der Waals surface area contributed by atoms with E-state index < -0.39 is 6.10 Å². The normalized spacial score (nSPS) is 22.0. The number of ether oxygens (including phenoxy) is 2. The maximum absolute atomic E-state index is 13.1. The monoisotopic (exact) mass is 424 g/mol. The summed E-state index contributed by atoms with van der Waals surface area (Å²) >= 11 is 0. The Kier molecular flexibility index (Phi) is 6.58. The van der Waals surface area contributed by atoms with Crippen LogP contribution in [-0.2, 0) is 22.6 Å². The second-order valence-corrected chi connectivity index (χ2v) is 8.73. The van der Waals surface area contributed by atoms with Gasteiger partial charge < -0.3 is 19.5 Å². The molecule has 2 aliphatic rings. The number of aliphatic hydroxyl groups excluding tert-OH is 1. The molecule has 3 atom stereocenters. The minimum absolute atomic E-state index is 0.102. The van der Waals surface area contributed by atoms with E-state index in [0.29, 0.717) is 32.9 Å². The second-order valence-electron chi connectivity index (χ2n) is 8.73. The van der Waals surface area contributed by atoms with Crippen molar-refractivity contribution in [1.29, 1.82) is 0 Å². The molecule has 4 rings (SSSR count). The van der Waals surface area contributed by atoms with Crippen molar-refractivity contribution in [2.24, 2.45) is 11.8 Å². The molecule has 1 aromatic heterocycles. The molecule has 0 bridgehead atoms. The number of carbonyl (C=O) groups is 1. The molecule has 166 valence electrons. The van der Waals surface area contributed by atoms with Crippen molar-refractivity contribution < 1.29 is 19.4 Å². The summed E-state index contributed by atoms with van der Waals surface area (Å²) in [5.41, 5.74) is 5.24. The number of pyridine rings is 1. The quantitative estimate of drug-likeness (QED) is 0.797. The zero-order chi connectivity index (χ0) is 22.0. The van der Waals surface area contributed by atoms with E-state index in [-0.39, 0.29) is 17.7 Å². The Hall–Kier alpha value is -2.44. The fourth-order valence-corrected chi connectivity index (χ4v) is 4.95. The minimum Gasteiger partial charge on any atom is -0.489 e. The Morgan fingerprint density at radius 3 is 2.84 bits per heavy atom. The Labute approximate surface area is 184 Å². The summed E-state index contributed by atoms with van der Waals surface area (Å²) in [6.07, 6.45) is 4.54. The summed E-state index contributed by atoms with van der Waals surface area (Å²) in [5.74, 6) is 0.566. The molecule has 6 nitrogen and oxygen atoms in total. The fraction of sp³-hybridized carbons (Fsp3) is 0.520. The van der Waals surface area contributed by atoms with Gasteiger partial charge in [-0.1, -0.05) is 13.0 Å². The van der Waals surface area contributed by atoms with Gasteiger partial charge in [-0.2, -0.15) is 0 Å². The predicted octanol–water partition coefficient (Wildman–Crippen LogP) is 3.37. The number of morpholine rings is 1. The lowest BCUT2D eigenvalue weighted by Crippen LogP contribution is -2.46. The van der Waals surface area contributed by atoms with E-state index in [1.54, 1.807) is 12.4 Å². The summed E-state index contributed by atoms with van der Waals surface area (Å²) in [5, 5.41) is 11.4. The van der Waals surface area contributed by atoms with Crippen LogP contribution in [0.2, 0.25) is 0 Å². The highest BCUT2D eigenvalue weighted by Gasteiger charge is 2.38. The molecule has 1 aliphatic carbocycles. The third-order valence-corrected chi connectivity index (χ3v) is 6.82. The molecule has 1 fully saturated rings. The van der Waals surface area contributed by atoms with E-state index in [2.05, 4.69) is 18.0 Å². The smallest absolute Gasteiger partial charge is 0.225 e. The fourth-order valence-electron chi connectivity index (χ4n) is 4.95. The summed E-state index contributed by atoms with van der Waals surface area (Å²) in [6, 6.07) is 5.95. The van der Waals surface area contributed by atoms with Crippen LogP contribution in [0.5, 0.6) is 5.75 Å². The summed E-state index contributed by atoms with van der Waals surface area (Å²) < 4.78 is 11.5. The number of aliphatic hydroxyl groups is 1. The maximum Gasteiger partial charge on any atom is 0.225 e. The van der Waals surface area contributed by atoms with Gasteiger partial charge >= 0.3 is 0 Å². The van der Waals surface area contributed by atoms with E-state index in [1.165, 1.54) is 5.56 Å². The largest absolute Gasteiger partial charge is 0.489 e. The zero-order valence-electron chi connectivity index (χ0n) is 18.6. The topological polar surface area (TPSA) is 71.9 Å². The lowest BCUT2D eigenvalue weighted by molar-refractivity contribution is -0.143. The first-order valence-corrected chi connectivity index (χ1v) is 11.2. The molecular formula is C25H32N2O4. The van der Waals surface area contributed by atoms with Crippen molar-refractivity contribution in [1.82, 2.24) is 9.88 Å². The highest BCUT2D eigenvalue weighted by atomic mass is 16.5. The second kappa shape index (κ2) is 9.37. The van der Waals surface area contributed by atoms with Crippen LogP contribution in [0.4, 0.5) is 0 Å². The van der Waals surface area contributed by atoms with Crippen LogP contribution in [0.3, 0.4) is 0 Å². The van der Waals surface area contributed by atoms with Gasteiger partial charge in [0.15, 0.2) is 0 Å². The van der Waals surface area contributed by atoms with Crippen LogP contribution in [0.15, 0.2) is 30.6 Å². The van der Waals surface area contributed by atoms with E-state index in [4.69, 9.17) is 9.47 Å². The van der Waals surface area contributed by atoms with Crippen molar-refractivity contribution in [2.45, 2.75) is 46.3 Å². The maximum atomic E-state index is 13.1. The van der Waals surface area contributed by atoms with Gasteiger partial charge in [0.2, 0.25) is 5.91 Å². The number of amides is 1. The number of benzene rings is 1. The molecule has 1 saturated heterocycles. The van der Waals surface area contributed by atoms with Gasteiger partial charge in [-0.15, -0.1) is 0 Å². The van der Waals surface area contributed by atoms with Crippen molar-refractivity contribution in [3.63, 3.8) is 0 Å². The standard InChI is InChI=1S/C25H32N2O4/c1-16-13-22(31-15-19-5-4-8-26-14-19)18(3)23-20(16)6-7-21(24(23)28)17(2)25(29)27-9-11-30-12-10-27/h4-5,8,13-14,17,21,24,28H,6-7,9-12,15H2,1-3H3/t17-,21?,24+/m0/s1. The predicted molar refractivity (Wildman–Crippen MR) is 118 cm³/mol. The first-order chi connectivity index (χ1) is 15.0. The number of fused-ring (bicyclic) bond motifs is 1. The van der Waals surface area contributed by atoms with E-state index in [1.807, 2.05) is 30.9 Å². The molecule has 0 saturated carbocycles. The van der Waals surface area contributed by atoms with Crippen molar-refractivity contribution in [3.05, 3.63) is 58.4 Å². The number of nitrogens with zero attached hydrogens (tertiary/aromatic N) is 2. The van der Waals surface area contributed by atoms with E-state index in [9.17, 15) is 9.90 Å². The van der Waals surface area contributed by atoms with Crippen LogP contribution in [0.25, 0.3) is 0 Å². The van der Waals surface area contributed by atoms with Crippen LogP contribution < -0.4 is 4.74 Å². The Morgan fingerprint density at radius 1 is 1.35 bits per heavy atom. The first kappa shape index (κ1) is 21.8. The van der Waals surface area contributed by atoms with Crippen LogP contribution in [-0.4, -0.2) is 47.2 Å². The van der Waals surface area contributed by atoms with Gasteiger partial charge in [-0.25, -0.2) is 0 Å². The molecule has 1 amide bonds. The summed E-state index contributed by atoms with van der Waals surface area (Å²) in [7, 11) is 0. The lowest BCUT2D eigenvalue weighted by atomic mass is 9.72. The molecule has 31 heavy (non-hydrogen) atoms. The third kappa shape index (κ3) is 4.46. The van der Waals surface area contributed by atoms with Gasteiger partial charge in [0, 0.05) is 42.9 Å². The van der Waals surface area contributed by atoms with E-state index >= 15 is 0 Å². The summed E-state index contributed by atoms with van der Waals surface area (Å²) in [6.45, 7) is 8.91. The number of aromatic nitrogens is 1. The number of rotatable bonds is 5. The number of aryl methyl sites for hydroxylation is 1. The average molecular weight is 425 g/mol. The van der Waals surface area contributed by atoms with Crippen molar-refractivity contribution in [3.8, 4) is 5.75 Å². The van der Waals surface area contributed by atoms with Gasteiger partial charge in [0.1, 0.15) is 12.4 Å². The molecule has 2 aromatic rings. The first-order valence-electron chi connectivity index (χ1n) is 11.2. The van der Waals surface area contributed by atoms with Crippen LogP contribution in [0, 0.1) is 25.7 Å².